The number of likely N-dealkylation sites (tertiary alicyclic amines) is 1. The minimum Gasteiger partial charge on any atom is -0.491 e. The molecule has 1 saturated heterocycles. The fourth-order valence-electron chi connectivity index (χ4n) is 3.70. The molecule has 2 aliphatic rings. The molecule has 1 heterocycles. The van der Waals surface area contributed by atoms with E-state index in [4.69, 9.17) is 4.74 Å². The molecule has 1 aliphatic heterocycles. The van der Waals surface area contributed by atoms with Gasteiger partial charge in [-0.1, -0.05) is 42.8 Å². The normalized spacial score (nSPS) is 17.1. The Hall–Kier alpha value is -2.46. The second-order valence-corrected chi connectivity index (χ2v) is 6.63. The Morgan fingerprint density at radius 1 is 0.800 bits per heavy atom. The molecule has 0 aromatic heterocycles. The first kappa shape index (κ1) is 16.0. The third kappa shape index (κ3) is 2.98. The van der Waals surface area contributed by atoms with Crippen molar-refractivity contribution in [3.63, 3.8) is 0 Å². The van der Waals surface area contributed by atoms with Crippen LogP contribution in [-0.4, -0.2) is 42.7 Å². The smallest absolute Gasteiger partial charge is 0.198 e. The number of ketones is 2. The highest BCUT2D eigenvalue weighted by Crippen LogP contribution is 2.33. The first-order valence-corrected chi connectivity index (χ1v) is 8.92. The molecule has 0 bridgehead atoms. The Morgan fingerprint density at radius 3 is 2.24 bits per heavy atom. The average Bonchev–Trinajstić information content (AvgIpc) is 2.67. The molecule has 0 unspecified atom stereocenters. The van der Waals surface area contributed by atoms with Gasteiger partial charge in [0.15, 0.2) is 11.6 Å². The lowest BCUT2D eigenvalue weighted by molar-refractivity contribution is 0.0974. The topological polar surface area (TPSA) is 46.6 Å². The van der Waals surface area contributed by atoms with Crippen LogP contribution in [-0.2, 0) is 0 Å². The van der Waals surface area contributed by atoms with Gasteiger partial charge in [0.2, 0.25) is 0 Å². The number of carbonyl (C=O) groups excluding carboxylic acids is 2. The molecule has 1 fully saturated rings. The largest absolute Gasteiger partial charge is 0.491 e. The van der Waals surface area contributed by atoms with Crippen LogP contribution in [0.5, 0.6) is 5.75 Å². The molecule has 2 aromatic rings. The molecule has 4 rings (SSSR count). The fraction of sp³-hybridized carbons (Fsp3) is 0.333. The molecule has 1 aliphatic carbocycles. The fourth-order valence-corrected chi connectivity index (χ4v) is 3.70. The summed E-state index contributed by atoms with van der Waals surface area (Å²) < 4.78 is 5.93. The van der Waals surface area contributed by atoms with Crippen LogP contribution >= 0.6 is 0 Å². The van der Waals surface area contributed by atoms with Crippen LogP contribution < -0.4 is 4.74 Å². The predicted molar refractivity (Wildman–Crippen MR) is 95.5 cm³/mol. The van der Waals surface area contributed by atoms with Crippen LogP contribution in [0.2, 0.25) is 0 Å². The van der Waals surface area contributed by atoms with Gasteiger partial charge in [0, 0.05) is 23.2 Å². The Morgan fingerprint density at radius 2 is 1.48 bits per heavy atom. The van der Waals surface area contributed by atoms with E-state index in [-0.39, 0.29) is 11.6 Å². The zero-order chi connectivity index (χ0) is 17.2. The molecule has 0 saturated carbocycles. The number of piperidine rings is 1. The van der Waals surface area contributed by atoms with Gasteiger partial charge in [-0.05, 0) is 32.0 Å². The number of fused-ring (bicyclic) bond motifs is 2. The Bertz CT molecular complexity index is 822. The first-order chi connectivity index (χ1) is 12.3. The second kappa shape index (κ2) is 6.81. The molecular formula is C21H21NO3. The van der Waals surface area contributed by atoms with E-state index in [9.17, 15) is 9.59 Å². The summed E-state index contributed by atoms with van der Waals surface area (Å²) in [5.74, 6) is 0.285. The molecule has 0 amide bonds. The van der Waals surface area contributed by atoms with E-state index in [2.05, 4.69) is 4.90 Å². The third-order valence-corrected chi connectivity index (χ3v) is 5.03. The number of hydrogen-bond donors (Lipinski definition) is 0. The monoisotopic (exact) mass is 335 g/mol. The molecule has 0 spiro atoms. The first-order valence-electron chi connectivity index (χ1n) is 8.92. The predicted octanol–water partition coefficient (Wildman–Crippen LogP) is 3.33. The van der Waals surface area contributed by atoms with Crippen molar-refractivity contribution < 1.29 is 14.3 Å². The van der Waals surface area contributed by atoms with Crippen molar-refractivity contribution in [2.45, 2.75) is 19.3 Å². The van der Waals surface area contributed by atoms with E-state index in [1.807, 2.05) is 0 Å². The summed E-state index contributed by atoms with van der Waals surface area (Å²) in [5, 5.41) is 0. The van der Waals surface area contributed by atoms with E-state index in [0.717, 1.165) is 19.6 Å². The maximum atomic E-state index is 12.9. The standard InChI is InChI=1S/C21H21NO3/c23-20-15-7-2-3-8-16(15)21(24)19-17(20)9-6-10-18(19)25-14-13-22-11-4-1-5-12-22/h2-3,6-10H,1,4-5,11-14H2. The van der Waals surface area contributed by atoms with E-state index in [0.29, 0.717) is 34.6 Å². The van der Waals surface area contributed by atoms with Crippen molar-refractivity contribution in [2.24, 2.45) is 0 Å². The van der Waals surface area contributed by atoms with Crippen LogP contribution in [0.4, 0.5) is 0 Å². The molecule has 4 heteroatoms. The minimum atomic E-state index is -0.126. The van der Waals surface area contributed by atoms with Crippen molar-refractivity contribution >= 4 is 11.6 Å². The quantitative estimate of drug-likeness (QED) is 0.734. The SMILES string of the molecule is O=C1c2ccccc2C(=O)c2c(OCCN3CCCCC3)cccc21. The highest BCUT2D eigenvalue weighted by atomic mass is 16.5. The van der Waals surface area contributed by atoms with Gasteiger partial charge in [-0.15, -0.1) is 0 Å². The highest BCUT2D eigenvalue weighted by molar-refractivity contribution is 6.29. The lowest BCUT2D eigenvalue weighted by Crippen LogP contribution is -2.33. The van der Waals surface area contributed by atoms with Gasteiger partial charge in [0.05, 0.1) is 5.56 Å². The van der Waals surface area contributed by atoms with Gasteiger partial charge in [-0.2, -0.15) is 0 Å². The third-order valence-electron chi connectivity index (χ3n) is 5.03. The van der Waals surface area contributed by atoms with Gasteiger partial charge < -0.3 is 4.74 Å². The van der Waals surface area contributed by atoms with Crippen LogP contribution in [0.1, 0.15) is 51.1 Å². The Kier molecular flexibility index (Phi) is 4.36. The van der Waals surface area contributed by atoms with Crippen molar-refractivity contribution in [2.75, 3.05) is 26.2 Å². The number of ether oxygens (including phenoxy) is 1. The molecule has 4 nitrogen and oxygen atoms in total. The van der Waals surface area contributed by atoms with Crippen molar-refractivity contribution in [3.05, 3.63) is 64.7 Å². The lowest BCUT2D eigenvalue weighted by Gasteiger charge is -2.26. The average molecular weight is 335 g/mol. The number of rotatable bonds is 4. The van der Waals surface area contributed by atoms with Gasteiger partial charge in [-0.25, -0.2) is 0 Å². The van der Waals surface area contributed by atoms with Crippen LogP contribution in [0.25, 0.3) is 0 Å². The number of hydrogen-bond acceptors (Lipinski definition) is 4. The van der Waals surface area contributed by atoms with Gasteiger partial charge in [0.1, 0.15) is 12.4 Å². The summed E-state index contributed by atoms with van der Waals surface area (Å²) in [7, 11) is 0. The molecule has 128 valence electrons. The minimum absolute atomic E-state index is 0.105. The van der Waals surface area contributed by atoms with Crippen LogP contribution in [0.15, 0.2) is 42.5 Å². The summed E-state index contributed by atoms with van der Waals surface area (Å²) in [4.78, 5) is 28.0. The number of nitrogens with zero attached hydrogens (tertiary/aromatic N) is 1. The van der Waals surface area contributed by atoms with Crippen LogP contribution in [0.3, 0.4) is 0 Å². The summed E-state index contributed by atoms with van der Waals surface area (Å²) in [6.07, 6.45) is 3.79. The van der Waals surface area contributed by atoms with Crippen molar-refractivity contribution in [3.8, 4) is 5.75 Å². The summed E-state index contributed by atoms with van der Waals surface area (Å²) in [5.41, 5.74) is 1.79. The molecule has 0 atom stereocenters. The van der Waals surface area contributed by atoms with E-state index >= 15 is 0 Å². The van der Waals surface area contributed by atoms with Crippen molar-refractivity contribution in [1.29, 1.82) is 0 Å². The summed E-state index contributed by atoms with van der Waals surface area (Å²) >= 11 is 0. The second-order valence-electron chi connectivity index (χ2n) is 6.63. The Balaban J connectivity index is 1.57. The molecular weight excluding hydrogens is 314 g/mol. The zero-order valence-corrected chi connectivity index (χ0v) is 14.2. The van der Waals surface area contributed by atoms with E-state index < -0.39 is 0 Å². The lowest BCUT2D eigenvalue weighted by atomic mass is 9.83. The Labute approximate surface area is 147 Å². The van der Waals surface area contributed by atoms with Gasteiger partial charge in [0.25, 0.3) is 0 Å². The molecule has 2 aromatic carbocycles. The van der Waals surface area contributed by atoms with Crippen molar-refractivity contribution in [1.82, 2.24) is 4.90 Å². The van der Waals surface area contributed by atoms with Gasteiger partial charge >= 0.3 is 0 Å². The summed E-state index contributed by atoms with van der Waals surface area (Å²) in [6.45, 7) is 3.60. The zero-order valence-electron chi connectivity index (χ0n) is 14.2. The van der Waals surface area contributed by atoms with E-state index in [1.165, 1.54) is 19.3 Å². The van der Waals surface area contributed by atoms with Crippen LogP contribution in [0, 0.1) is 0 Å². The maximum absolute atomic E-state index is 12.9. The molecule has 25 heavy (non-hydrogen) atoms. The van der Waals surface area contributed by atoms with Gasteiger partial charge in [-0.3, -0.25) is 14.5 Å². The van der Waals surface area contributed by atoms with E-state index in [1.54, 1.807) is 42.5 Å². The number of carbonyl (C=O) groups is 2. The maximum Gasteiger partial charge on any atom is 0.198 e. The number of benzene rings is 2. The molecule has 0 N–H and O–H groups in total. The molecule has 0 radical (unpaired) electrons. The summed E-state index contributed by atoms with van der Waals surface area (Å²) in [6, 6.07) is 12.3. The highest BCUT2D eigenvalue weighted by Gasteiger charge is 2.31.